The standard InChI is InChI=1S/C11H17N.ClH/c1-3-4-11(12)10-7-5-9(2)6-8-10;/h5-8,11H,3-4,12H2,1-2H3;1H/t11-;/m0./s1. The van der Waals surface area contributed by atoms with E-state index in [1.54, 1.807) is 0 Å². The zero-order chi connectivity index (χ0) is 8.97. The van der Waals surface area contributed by atoms with Crippen LogP contribution in [0, 0.1) is 6.92 Å². The van der Waals surface area contributed by atoms with E-state index >= 15 is 0 Å². The number of aryl methyl sites for hydroxylation is 1. The van der Waals surface area contributed by atoms with Crippen LogP contribution in [0.15, 0.2) is 24.3 Å². The van der Waals surface area contributed by atoms with Crippen LogP contribution in [0.2, 0.25) is 0 Å². The monoisotopic (exact) mass is 199 g/mol. The first-order chi connectivity index (χ1) is 5.74. The molecule has 2 N–H and O–H groups in total. The van der Waals surface area contributed by atoms with Gasteiger partial charge in [-0.1, -0.05) is 43.2 Å². The maximum Gasteiger partial charge on any atom is 0.0294 e. The number of benzene rings is 1. The molecule has 1 nitrogen and oxygen atoms in total. The van der Waals surface area contributed by atoms with E-state index in [0.717, 1.165) is 12.8 Å². The number of nitrogens with two attached hydrogens (primary N) is 1. The number of hydrogen-bond donors (Lipinski definition) is 1. The molecule has 0 radical (unpaired) electrons. The minimum absolute atomic E-state index is 0. The highest BCUT2D eigenvalue weighted by molar-refractivity contribution is 5.85. The molecular formula is C11H18ClN. The number of hydrogen-bond acceptors (Lipinski definition) is 1. The van der Waals surface area contributed by atoms with Crippen molar-refractivity contribution in [3.05, 3.63) is 35.4 Å². The molecule has 0 aliphatic rings. The number of rotatable bonds is 3. The zero-order valence-electron chi connectivity index (χ0n) is 8.29. The van der Waals surface area contributed by atoms with Crippen LogP contribution in [0.3, 0.4) is 0 Å². The summed E-state index contributed by atoms with van der Waals surface area (Å²) in [6, 6.07) is 8.69. The van der Waals surface area contributed by atoms with Gasteiger partial charge in [-0.05, 0) is 18.9 Å². The van der Waals surface area contributed by atoms with Gasteiger partial charge in [-0.3, -0.25) is 0 Å². The van der Waals surface area contributed by atoms with Gasteiger partial charge in [0.1, 0.15) is 0 Å². The van der Waals surface area contributed by atoms with Gasteiger partial charge in [0.05, 0.1) is 0 Å². The third-order valence-corrected chi connectivity index (χ3v) is 2.11. The van der Waals surface area contributed by atoms with Gasteiger partial charge in [0, 0.05) is 6.04 Å². The lowest BCUT2D eigenvalue weighted by Crippen LogP contribution is -2.09. The van der Waals surface area contributed by atoms with Crippen molar-refractivity contribution in [1.29, 1.82) is 0 Å². The van der Waals surface area contributed by atoms with Crippen molar-refractivity contribution in [3.63, 3.8) is 0 Å². The normalized spacial score (nSPS) is 11.9. The molecular weight excluding hydrogens is 182 g/mol. The largest absolute Gasteiger partial charge is 0.324 e. The van der Waals surface area contributed by atoms with Crippen molar-refractivity contribution in [2.45, 2.75) is 32.7 Å². The van der Waals surface area contributed by atoms with Crippen molar-refractivity contribution >= 4 is 12.4 Å². The van der Waals surface area contributed by atoms with Crippen LogP contribution < -0.4 is 5.73 Å². The summed E-state index contributed by atoms with van der Waals surface area (Å²) in [5, 5.41) is 0. The topological polar surface area (TPSA) is 26.0 Å². The van der Waals surface area contributed by atoms with Gasteiger partial charge in [-0.2, -0.15) is 0 Å². The van der Waals surface area contributed by atoms with E-state index in [2.05, 4.69) is 38.1 Å². The third kappa shape index (κ3) is 3.79. The molecule has 0 bridgehead atoms. The summed E-state index contributed by atoms with van der Waals surface area (Å²) in [6.45, 7) is 4.25. The highest BCUT2D eigenvalue weighted by atomic mass is 35.5. The Morgan fingerprint density at radius 3 is 2.23 bits per heavy atom. The Kier molecular flexibility index (Phi) is 5.76. The van der Waals surface area contributed by atoms with Crippen LogP contribution in [-0.4, -0.2) is 0 Å². The van der Waals surface area contributed by atoms with E-state index in [1.165, 1.54) is 11.1 Å². The molecule has 0 unspecified atom stereocenters. The van der Waals surface area contributed by atoms with E-state index in [1.807, 2.05) is 0 Å². The number of halogens is 1. The van der Waals surface area contributed by atoms with Crippen LogP contribution in [0.4, 0.5) is 0 Å². The van der Waals surface area contributed by atoms with E-state index in [9.17, 15) is 0 Å². The summed E-state index contributed by atoms with van der Waals surface area (Å²) in [5.74, 6) is 0. The molecule has 0 aliphatic carbocycles. The third-order valence-electron chi connectivity index (χ3n) is 2.11. The zero-order valence-corrected chi connectivity index (χ0v) is 9.10. The van der Waals surface area contributed by atoms with Gasteiger partial charge in [0.15, 0.2) is 0 Å². The van der Waals surface area contributed by atoms with Crippen LogP contribution in [-0.2, 0) is 0 Å². The Morgan fingerprint density at radius 2 is 1.77 bits per heavy atom. The van der Waals surface area contributed by atoms with Crippen molar-refractivity contribution in [3.8, 4) is 0 Å². The maximum atomic E-state index is 5.96. The first-order valence-corrected chi connectivity index (χ1v) is 4.56. The van der Waals surface area contributed by atoms with Gasteiger partial charge < -0.3 is 5.73 Å². The summed E-state index contributed by atoms with van der Waals surface area (Å²) >= 11 is 0. The first-order valence-electron chi connectivity index (χ1n) is 4.56. The predicted octanol–water partition coefficient (Wildman–Crippen LogP) is 3.22. The average Bonchev–Trinajstić information content (AvgIpc) is 2.06. The molecule has 13 heavy (non-hydrogen) atoms. The van der Waals surface area contributed by atoms with Gasteiger partial charge in [0.25, 0.3) is 0 Å². The Labute approximate surface area is 86.7 Å². The van der Waals surface area contributed by atoms with Crippen LogP contribution in [0.25, 0.3) is 0 Å². The van der Waals surface area contributed by atoms with Crippen LogP contribution in [0.5, 0.6) is 0 Å². The molecule has 1 aromatic carbocycles. The predicted molar refractivity (Wildman–Crippen MR) is 60.3 cm³/mol. The fraction of sp³-hybridized carbons (Fsp3) is 0.455. The molecule has 0 aliphatic heterocycles. The fourth-order valence-corrected chi connectivity index (χ4v) is 1.29. The lowest BCUT2D eigenvalue weighted by atomic mass is 10.0. The molecule has 1 aromatic rings. The van der Waals surface area contributed by atoms with E-state index < -0.39 is 0 Å². The van der Waals surface area contributed by atoms with Crippen molar-refractivity contribution < 1.29 is 0 Å². The molecule has 0 aromatic heterocycles. The van der Waals surface area contributed by atoms with Gasteiger partial charge in [-0.25, -0.2) is 0 Å². The van der Waals surface area contributed by atoms with Gasteiger partial charge in [-0.15, -0.1) is 12.4 Å². The van der Waals surface area contributed by atoms with E-state index in [0.29, 0.717) is 0 Å². The molecule has 0 fully saturated rings. The molecule has 0 saturated carbocycles. The lowest BCUT2D eigenvalue weighted by Gasteiger charge is -2.10. The highest BCUT2D eigenvalue weighted by Crippen LogP contribution is 2.15. The fourth-order valence-electron chi connectivity index (χ4n) is 1.29. The summed E-state index contributed by atoms with van der Waals surface area (Å²) in [4.78, 5) is 0. The van der Waals surface area contributed by atoms with Crippen LogP contribution in [0.1, 0.15) is 36.9 Å². The highest BCUT2D eigenvalue weighted by Gasteiger charge is 2.02. The minimum atomic E-state index is 0. The summed E-state index contributed by atoms with van der Waals surface area (Å²) in [6.07, 6.45) is 2.22. The molecule has 0 saturated heterocycles. The Balaban J connectivity index is 0.00000144. The summed E-state index contributed by atoms with van der Waals surface area (Å²) < 4.78 is 0. The Morgan fingerprint density at radius 1 is 1.23 bits per heavy atom. The Hall–Kier alpha value is -0.530. The first kappa shape index (κ1) is 12.5. The molecule has 1 rings (SSSR count). The van der Waals surface area contributed by atoms with Gasteiger partial charge in [0.2, 0.25) is 0 Å². The SMILES string of the molecule is CCC[C@H](N)c1ccc(C)cc1.Cl. The molecule has 1 atom stereocenters. The maximum absolute atomic E-state index is 5.96. The molecule has 74 valence electrons. The van der Waals surface area contributed by atoms with Crippen molar-refractivity contribution in [2.24, 2.45) is 5.73 Å². The lowest BCUT2D eigenvalue weighted by molar-refractivity contribution is 0.638. The smallest absolute Gasteiger partial charge is 0.0294 e. The van der Waals surface area contributed by atoms with Crippen molar-refractivity contribution in [2.75, 3.05) is 0 Å². The Bertz CT molecular complexity index is 230. The summed E-state index contributed by atoms with van der Waals surface area (Å²) in [7, 11) is 0. The van der Waals surface area contributed by atoms with E-state index in [4.69, 9.17) is 5.73 Å². The minimum Gasteiger partial charge on any atom is -0.324 e. The quantitative estimate of drug-likeness (QED) is 0.795. The second-order valence-electron chi connectivity index (χ2n) is 3.31. The molecule has 0 amide bonds. The second-order valence-corrected chi connectivity index (χ2v) is 3.31. The van der Waals surface area contributed by atoms with Gasteiger partial charge >= 0.3 is 0 Å². The van der Waals surface area contributed by atoms with E-state index in [-0.39, 0.29) is 18.4 Å². The summed E-state index contributed by atoms with van der Waals surface area (Å²) in [5.41, 5.74) is 8.50. The molecule has 0 spiro atoms. The van der Waals surface area contributed by atoms with Crippen LogP contribution >= 0.6 is 12.4 Å². The average molecular weight is 200 g/mol. The van der Waals surface area contributed by atoms with Crippen molar-refractivity contribution in [1.82, 2.24) is 0 Å². The molecule has 0 heterocycles. The molecule has 2 heteroatoms. The second kappa shape index (κ2) is 6.01.